The Hall–Kier alpha value is -0.870. The molecule has 1 aromatic carbocycles. The van der Waals surface area contributed by atoms with E-state index in [4.69, 9.17) is 5.11 Å². The van der Waals surface area contributed by atoms with Crippen molar-refractivity contribution in [3.8, 4) is 0 Å². The Labute approximate surface area is 98.6 Å². The lowest BCUT2D eigenvalue weighted by Gasteiger charge is -2.13. The Bertz CT molecular complexity index is 277. The number of carboxylic acids is 1. The quantitative estimate of drug-likeness (QED) is 0.829. The zero-order valence-electron chi connectivity index (χ0n) is 8.90. The van der Waals surface area contributed by atoms with E-state index < -0.39 is 5.97 Å². The molecule has 0 amide bonds. The van der Waals surface area contributed by atoms with E-state index in [9.17, 15) is 4.79 Å². The van der Waals surface area contributed by atoms with E-state index in [1.54, 1.807) is 7.05 Å². The number of hydrogen-bond donors (Lipinski definition) is 2. The number of halogens is 1. The first-order valence-electron chi connectivity index (χ1n) is 4.56. The fourth-order valence-electron chi connectivity index (χ4n) is 1.25. The third-order valence-electron chi connectivity index (χ3n) is 1.93. The number of aliphatic carboxylic acids is 1. The summed E-state index contributed by atoms with van der Waals surface area (Å²) >= 11 is 2.94. The van der Waals surface area contributed by atoms with Gasteiger partial charge in [0, 0.05) is 6.04 Å². The number of nitrogens with one attached hydrogen (secondary N) is 1. The molecule has 0 bridgehead atoms. The van der Waals surface area contributed by atoms with Crippen LogP contribution in [0.3, 0.4) is 0 Å². The molecule has 1 rings (SSSR count). The van der Waals surface area contributed by atoms with Crippen LogP contribution in [0, 0.1) is 0 Å². The highest BCUT2D eigenvalue weighted by Crippen LogP contribution is 2.15. The molecule has 0 spiro atoms. The van der Waals surface area contributed by atoms with Crippen molar-refractivity contribution in [1.82, 2.24) is 5.32 Å². The fraction of sp³-hybridized carbons (Fsp3) is 0.364. The van der Waals surface area contributed by atoms with Crippen LogP contribution in [0.5, 0.6) is 0 Å². The molecule has 0 saturated carbocycles. The minimum absolute atomic E-state index is 0.0984. The van der Waals surface area contributed by atoms with Gasteiger partial charge in [0.25, 0.3) is 0 Å². The van der Waals surface area contributed by atoms with Crippen molar-refractivity contribution in [2.45, 2.75) is 12.5 Å². The molecule has 0 heterocycles. The molecule has 4 heteroatoms. The van der Waals surface area contributed by atoms with E-state index in [-0.39, 0.29) is 12.5 Å². The Balaban J connectivity index is 0.000000921. The zero-order chi connectivity index (χ0) is 11.7. The van der Waals surface area contributed by atoms with E-state index >= 15 is 0 Å². The summed E-state index contributed by atoms with van der Waals surface area (Å²) in [7, 11) is 1.76. The first-order valence-corrected chi connectivity index (χ1v) is 6.14. The topological polar surface area (TPSA) is 49.3 Å². The van der Waals surface area contributed by atoms with Crippen molar-refractivity contribution in [2.24, 2.45) is 0 Å². The number of rotatable bonds is 4. The number of benzene rings is 1. The third kappa shape index (κ3) is 5.54. The minimum Gasteiger partial charge on any atom is -0.481 e. The van der Waals surface area contributed by atoms with Gasteiger partial charge in [-0.1, -0.05) is 46.3 Å². The van der Waals surface area contributed by atoms with Gasteiger partial charge in [-0.05, 0) is 18.4 Å². The molecule has 0 saturated heterocycles. The van der Waals surface area contributed by atoms with Crippen molar-refractivity contribution in [2.75, 3.05) is 12.9 Å². The second-order valence-corrected chi connectivity index (χ2v) is 2.85. The highest BCUT2D eigenvalue weighted by atomic mass is 79.9. The maximum atomic E-state index is 10.5. The summed E-state index contributed by atoms with van der Waals surface area (Å²) in [6, 6.07) is 9.47. The molecule has 2 N–H and O–H groups in total. The Morgan fingerprint density at radius 1 is 1.40 bits per heavy atom. The number of carboxylic acid groups (broad SMARTS) is 1. The summed E-state index contributed by atoms with van der Waals surface area (Å²) in [5.41, 5.74) is 1.01. The van der Waals surface area contributed by atoms with Crippen molar-refractivity contribution >= 4 is 21.9 Å². The molecule has 15 heavy (non-hydrogen) atoms. The average Bonchev–Trinajstić information content (AvgIpc) is 2.29. The molecule has 84 valence electrons. The van der Waals surface area contributed by atoms with Crippen LogP contribution in [-0.4, -0.2) is 24.0 Å². The normalized spacial score (nSPS) is 11.1. The largest absolute Gasteiger partial charge is 0.481 e. The van der Waals surface area contributed by atoms with Gasteiger partial charge in [-0.2, -0.15) is 0 Å². The Kier molecular flexibility index (Phi) is 7.95. The summed E-state index contributed by atoms with van der Waals surface area (Å²) in [5.74, 6) is 1.02. The van der Waals surface area contributed by atoms with E-state index in [1.807, 2.05) is 36.2 Å². The predicted octanol–water partition coefficient (Wildman–Crippen LogP) is 2.43. The molecule has 0 aliphatic carbocycles. The second kappa shape index (κ2) is 8.44. The predicted molar refractivity (Wildman–Crippen MR) is 65.3 cm³/mol. The van der Waals surface area contributed by atoms with Crippen LogP contribution < -0.4 is 5.32 Å². The molecule has 1 atom stereocenters. The van der Waals surface area contributed by atoms with E-state index in [0.29, 0.717) is 0 Å². The molecule has 3 nitrogen and oxygen atoms in total. The first kappa shape index (κ1) is 14.1. The maximum Gasteiger partial charge on any atom is 0.305 e. The zero-order valence-corrected chi connectivity index (χ0v) is 10.5. The van der Waals surface area contributed by atoms with Crippen molar-refractivity contribution in [1.29, 1.82) is 0 Å². The molecule has 1 aromatic rings. The minimum atomic E-state index is -0.789. The van der Waals surface area contributed by atoms with Gasteiger partial charge in [0.15, 0.2) is 0 Å². The Morgan fingerprint density at radius 3 is 2.33 bits per heavy atom. The molecule has 0 aliphatic rings. The molecule has 0 aromatic heterocycles. The van der Waals surface area contributed by atoms with Gasteiger partial charge >= 0.3 is 5.97 Å². The maximum absolute atomic E-state index is 10.5. The number of carbonyl (C=O) groups is 1. The Morgan fingerprint density at radius 2 is 1.93 bits per heavy atom. The lowest BCUT2D eigenvalue weighted by molar-refractivity contribution is -0.137. The number of alkyl halides is 1. The van der Waals surface area contributed by atoms with Gasteiger partial charge in [-0.15, -0.1) is 0 Å². The molecule has 0 fully saturated rings. The van der Waals surface area contributed by atoms with Crippen LogP contribution in [-0.2, 0) is 4.79 Å². The van der Waals surface area contributed by atoms with Gasteiger partial charge in [-0.3, -0.25) is 4.79 Å². The van der Waals surface area contributed by atoms with Gasteiger partial charge in [0.2, 0.25) is 0 Å². The summed E-state index contributed by atoms with van der Waals surface area (Å²) < 4.78 is 0. The SMILES string of the molecule is CBr.CNC(CC(=O)O)c1ccccc1. The number of hydrogen-bond acceptors (Lipinski definition) is 2. The van der Waals surface area contributed by atoms with Gasteiger partial charge < -0.3 is 10.4 Å². The lowest BCUT2D eigenvalue weighted by atomic mass is 10.0. The van der Waals surface area contributed by atoms with Crippen LogP contribution in [0.4, 0.5) is 0 Å². The van der Waals surface area contributed by atoms with Crippen LogP contribution in [0.25, 0.3) is 0 Å². The van der Waals surface area contributed by atoms with Gasteiger partial charge in [0.1, 0.15) is 0 Å². The highest BCUT2D eigenvalue weighted by Gasteiger charge is 2.11. The van der Waals surface area contributed by atoms with Crippen LogP contribution in [0.2, 0.25) is 0 Å². The van der Waals surface area contributed by atoms with Crippen LogP contribution in [0.1, 0.15) is 18.0 Å². The molecule has 0 radical (unpaired) electrons. The molecule has 0 aliphatic heterocycles. The highest BCUT2D eigenvalue weighted by molar-refractivity contribution is 9.08. The smallest absolute Gasteiger partial charge is 0.305 e. The van der Waals surface area contributed by atoms with E-state index in [0.717, 1.165) is 5.56 Å². The van der Waals surface area contributed by atoms with Crippen LogP contribution in [0.15, 0.2) is 30.3 Å². The molecular formula is C11H16BrNO2. The fourth-order valence-corrected chi connectivity index (χ4v) is 1.25. The van der Waals surface area contributed by atoms with Crippen molar-refractivity contribution < 1.29 is 9.90 Å². The summed E-state index contributed by atoms with van der Waals surface area (Å²) in [5, 5.41) is 11.6. The van der Waals surface area contributed by atoms with E-state index in [1.165, 1.54) is 0 Å². The van der Waals surface area contributed by atoms with E-state index in [2.05, 4.69) is 21.2 Å². The van der Waals surface area contributed by atoms with Crippen molar-refractivity contribution in [3.05, 3.63) is 35.9 Å². The standard InChI is InChI=1S/C10H13NO2.CH3Br/c1-11-9(7-10(12)13)8-5-3-2-4-6-8;1-2/h2-6,9,11H,7H2,1H3,(H,12,13);1H3. The van der Waals surface area contributed by atoms with Gasteiger partial charge in [0.05, 0.1) is 6.42 Å². The lowest BCUT2D eigenvalue weighted by Crippen LogP contribution is -2.19. The average molecular weight is 274 g/mol. The molecular weight excluding hydrogens is 258 g/mol. The first-order chi connectivity index (χ1) is 7.24. The molecule has 1 unspecified atom stereocenters. The van der Waals surface area contributed by atoms with Crippen molar-refractivity contribution in [3.63, 3.8) is 0 Å². The van der Waals surface area contributed by atoms with Gasteiger partial charge in [-0.25, -0.2) is 0 Å². The summed E-state index contributed by atoms with van der Waals surface area (Å²) in [4.78, 5) is 10.5. The second-order valence-electron chi connectivity index (χ2n) is 2.85. The summed E-state index contributed by atoms with van der Waals surface area (Å²) in [6.45, 7) is 0. The third-order valence-corrected chi connectivity index (χ3v) is 1.93. The monoisotopic (exact) mass is 273 g/mol. The summed E-state index contributed by atoms with van der Waals surface area (Å²) in [6.07, 6.45) is 0.112. The van der Waals surface area contributed by atoms with Crippen LogP contribution >= 0.6 is 15.9 Å².